The van der Waals surface area contributed by atoms with Crippen LogP contribution >= 0.6 is 0 Å². The second-order valence-corrected chi connectivity index (χ2v) is 8.38. The number of methoxy groups -OCH3 is 1. The number of anilines is 1. The van der Waals surface area contributed by atoms with E-state index in [1.165, 1.54) is 0 Å². The van der Waals surface area contributed by atoms with E-state index in [2.05, 4.69) is 5.32 Å². The lowest BCUT2D eigenvalue weighted by atomic mass is 9.73. The van der Waals surface area contributed by atoms with E-state index in [-0.39, 0.29) is 6.61 Å². The highest BCUT2D eigenvalue weighted by atomic mass is 16.6. The molecule has 1 aliphatic heterocycles. The molecule has 1 aromatic carbocycles. The number of nitrogens with zero attached hydrogens (tertiary/aromatic N) is 1. The van der Waals surface area contributed by atoms with Crippen LogP contribution in [0.15, 0.2) is 24.3 Å². The average molecular weight is 421 g/mol. The van der Waals surface area contributed by atoms with Crippen LogP contribution in [0.3, 0.4) is 0 Å². The molecule has 1 saturated heterocycles. The molecule has 1 aromatic rings. The van der Waals surface area contributed by atoms with Gasteiger partial charge in [-0.2, -0.15) is 0 Å². The molecule has 0 bridgehead atoms. The monoisotopic (exact) mass is 420 g/mol. The van der Waals surface area contributed by atoms with Crippen molar-refractivity contribution in [2.45, 2.75) is 52.2 Å². The molecule has 1 aliphatic rings. The van der Waals surface area contributed by atoms with Gasteiger partial charge in [0.05, 0.1) is 19.1 Å². The fourth-order valence-corrected chi connectivity index (χ4v) is 3.42. The third-order valence-electron chi connectivity index (χ3n) is 5.08. The van der Waals surface area contributed by atoms with Crippen molar-refractivity contribution in [1.82, 2.24) is 4.90 Å². The Morgan fingerprint density at radius 3 is 2.27 bits per heavy atom. The highest BCUT2D eigenvalue weighted by Gasteiger charge is 2.47. The number of carbonyl (C=O) groups is 3. The number of ether oxygens (including phenoxy) is 3. The fraction of sp³-hybridized carbons (Fsp3) is 0.591. The van der Waals surface area contributed by atoms with Crippen molar-refractivity contribution in [3.8, 4) is 5.75 Å². The summed E-state index contributed by atoms with van der Waals surface area (Å²) in [5.74, 6) is 0.190. The Kier molecular flexibility index (Phi) is 7.70. The van der Waals surface area contributed by atoms with Gasteiger partial charge in [-0.1, -0.05) is 0 Å². The summed E-state index contributed by atoms with van der Waals surface area (Å²) in [7, 11) is 1.57. The van der Waals surface area contributed by atoms with Gasteiger partial charge in [0.2, 0.25) is 0 Å². The van der Waals surface area contributed by atoms with Crippen LogP contribution in [0.1, 0.15) is 40.5 Å². The molecule has 1 fully saturated rings. The number of piperidine rings is 1. The van der Waals surface area contributed by atoms with Crippen LogP contribution in [0, 0.1) is 5.41 Å². The average Bonchev–Trinajstić information content (AvgIpc) is 2.71. The maximum absolute atomic E-state index is 12.8. The summed E-state index contributed by atoms with van der Waals surface area (Å²) in [5, 5.41) is 3.16. The highest BCUT2D eigenvalue weighted by Crippen LogP contribution is 2.36. The number of aldehydes is 1. The molecule has 2 rings (SSSR count). The van der Waals surface area contributed by atoms with Gasteiger partial charge in [-0.15, -0.1) is 0 Å². The van der Waals surface area contributed by atoms with Gasteiger partial charge in [0.1, 0.15) is 23.7 Å². The highest BCUT2D eigenvalue weighted by molar-refractivity contribution is 5.85. The Bertz CT molecular complexity index is 733. The van der Waals surface area contributed by atoms with Gasteiger partial charge in [-0.3, -0.25) is 0 Å². The molecule has 0 spiro atoms. The normalized spacial score (nSPS) is 16.9. The first-order valence-corrected chi connectivity index (χ1v) is 10.2. The van der Waals surface area contributed by atoms with Crippen LogP contribution < -0.4 is 10.1 Å². The molecule has 0 radical (unpaired) electrons. The Morgan fingerprint density at radius 1 is 1.20 bits per heavy atom. The van der Waals surface area contributed by atoms with Gasteiger partial charge in [-0.25, -0.2) is 9.59 Å². The van der Waals surface area contributed by atoms with Crippen LogP contribution in [0.25, 0.3) is 0 Å². The molecular weight excluding hydrogens is 388 g/mol. The largest absolute Gasteiger partial charge is 0.497 e. The maximum Gasteiger partial charge on any atom is 0.410 e. The van der Waals surface area contributed by atoms with Gasteiger partial charge in [0.25, 0.3) is 0 Å². The van der Waals surface area contributed by atoms with Crippen molar-refractivity contribution in [3.63, 3.8) is 0 Å². The first-order chi connectivity index (χ1) is 14.1. The minimum atomic E-state index is -0.995. The van der Waals surface area contributed by atoms with Crippen molar-refractivity contribution in [1.29, 1.82) is 0 Å². The Balaban J connectivity index is 2.19. The van der Waals surface area contributed by atoms with Crippen LogP contribution in [-0.2, 0) is 19.1 Å². The summed E-state index contributed by atoms with van der Waals surface area (Å²) in [6.45, 7) is 7.97. The lowest BCUT2D eigenvalue weighted by Crippen LogP contribution is -2.55. The lowest BCUT2D eigenvalue weighted by molar-refractivity contribution is -0.150. The fourth-order valence-electron chi connectivity index (χ4n) is 3.42. The molecule has 1 heterocycles. The zero-order valence-corrected chi connectivity index (χ0v) is 18.4. The standard InChI is InChI=1S/C22H32N2O6/c1-6-29-19(26)18(23-16-7-9-17(28-5)10-8-16)22(15-25)11-13-24(14-12-22)20(27)30-21(2,3)4/h7-10,15,18,23H,6,11-14H2,1-5H3/t18-/m1/s1. The second kappa shape index (κ2) is 9.82. The van der Waals surface area contributed by atoms with Crippen molar-refractivity contribution < 1.29 is 28.6 Å². The zero-order valence-electron chi connectivity index (χ0n) is 18.4. The predicted molar refractivity (Wildman–Crippen MR) is 113 cm³/mol. The van der Waals surface area contributed by atoms with E-state index in [1.54, 1.807) is 64.0 Å². The molecular formula is C22H32N2O6. The molecule has 0 saturated carbocycles. The van der Waals surface area contributed by atoms with E-state index in [1.807, 2.05) is 0 Å². The Morgan fingerprint density at radius 2 is 1.80 bits per heavy atom. The van der Waals surface area contributed by atoms with Crippen LogP contribution in [-0.4, -0.2) is 61.7 Å². The predicted octanol–water partition coefficient (Wildman–Crippen LogP) is 3.26. The van der Waals surface area contributed by atoms with Gasteiger partial charge in [0, 0.05) is 18.8 Å². The molecule has 0 aliphatic carbocycles. The quantitative estimate of drug-likeness (QED) is 0.534. The van der Waals surface area contributed by atoms with E-state index in [4.69, 9.17) is 14.2 Å². The third-order valence-corrected chi connectivity index (χ3v) is 5.08. The minimum Gasteiger partial charge on any atom is -0.497 e. The summed E-state index contributed by atoms with van der Waals surface area (Å²) < 4.78 is 15.8. The van der Waals surface area contributed by atoms with Crippen molar-refractivity contribution >= 4 is 24.0 Å². The van der Waals surface area contributed by atoms with E-state index < -0.39 is 29.1 Å². The van der Waals surface area contributed by atoms with E-state index >= 15 is 0 Å². The number of hydrogen-bond donors (Lipinski definition) is 1. The number of benzene rings is 1. The molecule has 0 unspecified atom stereocenters. The number of carbonyl (C=O) groups excluding carboxylic acids is 3. The molecule has 30 heavy (non-hydrogen) atoms. The van der Waals surface area contributed by atoms with Gasteiger partial charge in [-0.05, 0) is 64.8 Å². The van der Waals surface area contributed by atoms with Crippen molar-refractivity contribution in [3.05, 3.63) is 24.3 Å². The number of hydrogen-bond acceptors (Lipinski definition) is 7. The first-order valence-electron chi connectivity index (χ1n) is 10.2. The molecule has 166 valence electrons. The molecule has 1 atom stereocenters. The van der Waals surface area contributed by atoms with E-state index in [0.29, 0.717) is 37.4 Å². The maximum atomic E-state index is 12.8. The zero-order chi connectivity index (χ0) is 22.4. The van der Waals surface area contributed by atoms with Crippen LogP contribution in [0.4, 0.5) is 10.5 Å². The molecule has 1 amide bonds. The minimum absolute atomic E-state index is 0.207. The first kappa shape index (κ1) is 23.5. The SMILES string of the molecule is CCOC(=O)[C@@H](Nc1ccc(OC)cc1)C1(C=O)CCN(C(=O)OC(C)(C)C)CC1. The molecule has 0 aromatic heterocycles. The van der Waals surface area contributed by atoms with Crippen molar-refractivity contribution in [2.24, 2.45) is 5.41 Å². The summed E-state index contributed by atoms with van der Waals surface area (Å²) in [6.07, 6.45) is 1.04. The van der Waals surface area contributed by atoms with E-state index in [9.17, 15) is 14.4 Å². The summed E-state index contributed by atoms with van der Waals surface area (Å²) >= 11 is 0. The summed E-state index contributed by atoms with van der Waals surface area (Å²) in [5.41, 5.74) is -0.922. The third kappa shape index (κ3) is 5.87. The summed E-state index contributed by atoms with van der Waals surface area (Å²) in [4.78, 5) is 38.9. The Hall–Kier alpha value is -2.77. The number of likely N-dealkylation sites (tertiary alicyclic amines) is 1. The number of nitrogens with one attached hydrogen (secondary N) is 1. The molecule has 1 N–H and O–H groups in total. The van der Waals surface area contributed by atoms with Gasteiger partial charge in [0.15, 0.2) is 0 Å². The van der Waals surface area contributed by atoms with Gasteiger partial charge < -0.3 is 29.2 Å². The number of esters is 1. The van der Waals surface area contributed by atoms with Gasteiger partial charge >= 0.3 is 12.1 Å². The number of amides is 1. The number of rotatable bonds is 7. The topological polar surface area (TPSA) is 94.2 Å². The van der Waals surface area contributed by atoms with Crippen molar-refractivity contribution in [2.75, 3.05) is 32.1 Å². The molecule has 8 nitrogen and oxygen atoms in total. The Labute approximate surface area is 177 Å². The van der Waals surface area contributed by atoms with Crippen LogP contribution in [0.2, 0.25) is 0 Å². The smallest absolute Gasteiger partial charge is 0.410 e. The second-order valence-electron chi connectivity index (χ2n) is 8.38. The summed E-state index contributed by atoms with van der Waals surface area (Å²) in [6, 6.07) is 6.22. The van der Waals surface area contributed by atoms with E-state index in [0.717, 1.165) is 6.29 Å². The lowest BCUT2D eigenvalue weighted by Gasteiger charge is -2.42. The van der Waals surface area contributed by atoms with Crippen LogP contribution in [0.5, 0.6) is 5.75 Å². The molecule has 8 heteroatoms.